The molecule has 1 N–H and O–H groups in total. The zero-order chi connectivity index (χ0) is 12.5. The van der Waals surface area contributed by atoms with E-state index >= 15 is 0 Å². The Kier molecular flexibility index (Phi) is 6.89. The molecule has 0 spiro atoms. The fourth-order valence-corrected chi connectivity index (χ4v) is 2.30. The number of aryl methyl sites for hydroxylation is 1. The molecule has 0 fully saturated rings. The highest BCUT2D eigenvalue weighted by Gasteiger charge is 2.03. The van der Waals surface area contributed by atoms with E-state index in [9.17, 15) is 4.79 Å². The smallest absolute Gasteiger partial charge is 0.319 e. The van der Waals surface area contributed by atoms with Crippen molar-refractivity contribution in [2.24, 2.45) is 0 Å². The van der Waals surface area contributed by atoms with E-state index in [4.69, 9.17) is 4.74 Å². The number of carbonyl (C=O) groups is 1. The van der Waals surface area contributed by atoms with Crippen LogP contribution >= 0.6 is 11.3 Å². The Morgan fingerprint density at radius 2 is 2.12 bits per heavy atom. The minimum Gasteiger partial charge on any atom is -0.465 e. The van der Waals surface area contributed by atoms with Crippen LogP contribution in [0.5, 0.6) is 0 Å². The molecule has 17 heavy (non-hydrogen) atoms. The summed E-state index contributed by atoms with van der Waals surface area (Å²) in [6.45, 7) is 5.80. The Hall–Kier alpha value is -0.870. The highest BCUT2D eigenvalue weighted by Crippen LogP contribution is 2.16. The summed E-state index contributed by atoms with van der Waals surface area (Å²) in [5.41, 5.74) is 0. The van der Waals surface area contributed by atoms with E-state index in [1.54, 1.807) is 11.3 Å². The fraction of sp³-hybridized carbons (Fsp3) is 0.615. The van der Waals surface area contributed by atoms with Crippen LogP contribution < -0.4 is 5.32 Å². The highest BCUT2D eigenvalue weighted by atomic mass is 32.1. The van der Waals surface area contributed by atoms with Crippen molar-refractivity contribution < 1.29 is 9.53 Å². The second-order valence-corrected chi connectivity index (χ2v) is 5.15. The normalized spacial score (nSPS) is 10.5. The summed E-state index contributed by atoms with van der Waals surface area (Å²) in [7, 11) is 0. The third-order valence-electron chi connectivity index (χ3n) is 2.40. The largest absolute Gasteiger partial charge is 0.465 e. The molecular weight excluding hydrogens is 234 g/mol. The van der Waals surface area contributed by atoms with Gasteiger partial charge in [0.2, 0.25) is 0 Å². The minimum absolute atomic E-state index is 0.161. The Morgan fingerprint density at radius 3 is 2.76 bits per heavy atom. The Labute approximate surface area is 107 Å². The van der Waals surface area contributed by atoms with Gasteiger partial charge in [-0.3, -0.25) is 4.79 Å². The van der Waals surface area contributed by atoms with E-state index in [1.165, 1.54) is 9.75 Å². The lowest BCUT2D eigenvalue weighted by molar-refractivity contribution is -0.142. The first-order valence-corrected chi connectivity index (χ1v) is 7.01. The molecule has 0 aromatic carbocycles. The van der Waals surface area contributed by atoms with E-state index in [0.717, 1.165) is 25.8 Å². The van der Waals surface area contributed by atoms with Crippen LogP contribution in [0.3, 0.4) is 0 Å². The molecule has 4 heteroatoms. The number of nitrogens with one attached hydrogen (secondary N) is 1. The Morgan fingerprint density at radius 1 is 1.35 bits per heavy atom. The Bertz CT molecular complexity index is 336. The van der Waals surface area contributed by atoms with Gasteiger partial charge in [-0.25, -0.2) is 0 Å². The zero-order valence-corrected chi connectivity index (χ0v) is 11.4. The standard InChI is InChI=1S/C13H21NO2S/c1-3-5-8-16-13(15)10-14-9-12-7-6-11(4-2)17-12/h6-7,14H,3-5,8-10H2,1-2H3. The third kappa shape index (κ3) is 5.84. The maximum Gasteiger partial charge on any atom is 0.319 e. The van der Waals surface area contributed by atoms with Crippen molar-refractivity contribution in [2.75, 3.05) is 13.2 Å². The molecule has 0 aliphatic carbocycles. The minimum atomic E-state index is -0.161. The maximum absolute atomic E-state index is 11.3. The average molecular weight is 255 g/mol. The quantitative estimate of drug-likeness (QED) is 0.573. The molecule has 0 unspecified atom stereocenters. The van der Waals surface area contributed by atoms with Crippen LogP contribution in [-0.2, 0) is 22.5 Å². The summed E-state index contributed by atoms with van der Waals surface area (Å²) >= 11 is 1.79. The first kappa shape index (κ1) is 14.2. The molecule has 0 saturated carbocycles. The van der Waals surface area contributed by atoms with Crippen molar-refractivity contribution in [3.05, 3.63) is 21.9 Å². The third-order valence-corrected chi connectivity index (χ3v) is 3.62. The van der Waals surface area contributed by atoms with Gasteiger partial charge in [-0.05, 0) is 25.0 Å². The van der Waals surface area contributed by atoms with Crippen LogP contribution in [0.1, 0.15) is 36.4 Å². The molecule has 0 saturated heterocycles. The molecule has 3 nitrogen and oxygen atoms in total. The lowest BCUT2D eigenvalue weighted by atomic mass is 10.3. The number of esters is 1. The number of thiophene rings is 1. The molecule has 0 bridgehead atoms. The van der Waals surface area contributed by atoms with Crippen LogP contribution in [-0.4, -0.2) is 19.1 Å². The van der Waals surface area contributed by atoms with Crippen molar-refractivity contribution in [1.29, 1.82) is 0 Å². The van der Waals surface area contributed by atoms with Gasteiger partial charge in [0.15, 0.2) is 0 Å². The van der Waals surface area contributed by atoms with E-state index in [-0.39, 0.29) is 5.97 Å². The number of ether oxygens (including phenoxy) is 1. The lowest BCUT2D eigenvalue weighted by Crippen LogP contribution is -2.24. The van der Waals surface area contributed by atoms with E-state index < -0.39 is 0 Å². The van der Waals surface area contributed by atoms with Crippen molar-refractivity contribution in [1.82, 2.24) is 5.32 Å². The average Bonchev–Trinajstić information content (AvgIpc) is 2.77. The van der Waals surface area contributed by atoms with Gasteiger partial charge in [-0.15, -0.1) is 11.3 Å². The van der Waals surface area contributed by atoms with Crippen molar-refractivity contribution in [2.45, 2.75) is 39.7 Å². The molecular formula is C13H21NO2S. The van der Waals surface area contributed by atoms with Crippen molar-refractivity contribution >= 4 is 17.3 Å². The number of carbonyl (C=O) groups excluding carboxylic acids is 1. The first-order valence-electron chi connectivity index (χ1n) is 6.20. The van der Waals surface area contributed by atoms with Gasteiger partial charge in [0, 0.05) is 16.3 Å². The van der Waals surface area contributed by atoms with Crippen molar-refractivity contribution in [3.63, 3.8) is 0 Å². The number of hydrogen-bond acceptors (Lipinski definition) is 4. The summed E-state index contributed by atoms with van der Waals surface area (Å²) in [6, 6.07) is 4.25. The summed E-state index contributed by atoms with van der Waals surface area (Å²) in [5, 5.41) is 3.10. The van der Waals surface area contributed by atoms with Crippen molar-refractivity contribution in [3.8, 4) is 0 Å². The molecule has 0 aliphatic heterocycles. The van der Waals surface area contributed by atoms with Crippen LogP contribution in [0.4, 0.5) is 0 Å². The molecule has 1 aromatic rings. The zero-order valence-electron chi connectivity index (χ0n) is 10.6. The topological polar surface area (TPSA) is 38.3 Å². The summed E-state index contributed by atoms with van der Waals surface area (Å²) < 4.78 is 5.05. The maximum atomic E-state index is 11.3. The van der Waals surface area contributed by atoms with Crippen LogP contribution in [0, 0.1) is 0 Å². The predicted molar refractivity (Wildman–Crippen MR) is 71.3 cm³/mol. The van der Waals surface area contributed by atoms with E-state index in [0.29, 0.717) is 13.2 Å². The number of hydrogen-bond donors (Lipinski definition) is 1. The lowest BCUT2D eigenvalue weighted by Gasteiger charge is -2.04. The second kappa shape index (κ2) is 8.25. The Balaban J connectivity index is 2.12. The summed E-state index contributed by atoms with van der Waals surface area (Å²) in [5.74, 6) is -0.161. The van der Waals surface area contributed by atoms with Gasteiger partial charge >= 0.3 is 5.97 Å². The van der Waals surface area contributed by atoms with Gasteiger partial charge in [-0.2, -0.15) is 0 Å². The van der Waals surface area contributed by atoms with Gasteiger partial charge < -0.3 is 10.1 Å². The number of rotatable bonds is 8. The van der Waals surface area contributed by atoms with Crippen LogP contribution in [0.2, 0.25) is 0 Å². The molecule has 1 heterocycles. The second-order valence-electron chi connectivity index (χ2n) is 3.90. The molecule has 0 aliphatic rings. The first-order chi connectivity index (χ1) is 8.26. The van der Waals surface area contributed by atoms with Gasteiger partial charge in [0.05, 0.1) is 13.2 Å². The van der Waals surface area contributed by atoms with Crippen LogP contribution in [0.25, 0.3) is 0 Å². The molecule has 0 amide bonds. The fourth-order valence-electron chi connectivity index (χ4n) is 1.38. The van der Waals surface area contributed by atoms with Crippen LogP contribution in [0.15, 0.2) is 12.1 Å². The summed E-state index contributed by atoms with van der Waals surface area (Å²) in [6.07, 6.45) is 3.07. The molecule has 1 rings (SSSR count). The van der Waals surface area contributed by atoms with E-state index in [1.807, 2.05) is 0 Å². The van der Waals surface area contributed by atoms with E-state index in [2.05, 4.69) is 31.3 Å². The SMILES string of the molecule is CCCCOC(=O)CNCc1ccc(CC)s1. The predicted octanol–water partition coefficient (Wildman–Crippen LogP) is 2.74. The molecule has 0 atom stereocenters. The molecule has 0 radical (unpaired) electrons. The monoisotopic (exact) mass is 255 g/mol. The van der Waals surface area contributed by atoms with Gasteiger partial charge in [-0.1, -0.05) is 20.3 Å². The highest BCUT2D eigenvalue weighted by molar-refractivity contribution is 7.11. The van der Waals surface area contributed by atoms with Gasteiger partial charge in [0.1, 0.15) is 0 Å². The molecule has 96 valence electrons. The molecule has 1 aromatic heterocycles. The van der Waals surface area contributed by atoms with Gasteiger partial charge in [0.25, 0.3) is 0 Å². The summed E-state index contributed by atoms with van der Waals surface area (Å²) in [4.78, 5) is 13.9. The number of unbranched alkanes of at least 4 members (excludes halogenated alkanes) is 1.